The molecule has 1 unspecified atom stereocenters. The van der Waals surface area contributed by atoms with E-state index in [2.05, 4.69) is 4.98 Å². The standard InChI is InChI=1S/C12H15NO2/c1-3-12(2)7-6-9-8(11(12)15)4-5-10(14)13-9/h4-5H,3,6-7H2,1-2H3,(H,13,14). The Labute approximate surface area is 88.5 Å². The number of Topliss-reactive ketones (excluding diaryl/α,β-unsaturated/α-hetero) is 1. The van der Waals surface area contributed by atoms with Crippen molar-refractivity contribution in [2.45, 2.75) is 33.1 Å². The summed E-state index contributed by atoms with van der Waals surface area (Å²) in [4.78, 5) is 26.0. The SMILES string of the molecule is CCC1(C)CCc2[nH]c(=O)ccc2C1=O. The Morgan fingerprint density at radius 2 is 2.13 bits per heavy atom. The highest BCUT2D eigenvalue weighted by atomic mass is 16.1. The third kappa shape index (κ3) is 1.52. The zero-order chi connectivity index (χ0) is 11.1. The van der Waals surface area contributed by atoms with E-state index < -0.39 is 0 Å². The fraction of sp³-hybridized carbons (Fsp3) is 0.500. The van der Waals surface area contributed by atoms with Crippen molar-refractivity contribution >= 4 is 5.78 Å². The van der Waals surface area contributed by atoms with E-state index in [1.165, 1.54) is 6.07 Å². The van der Waals surface area contributed by atoms with Crippen LogP contribution in [0.1, 0.15) is 42.7 Å². The lowest BCUT2D eigenvalue weighted by molar-refractivity contribution is 0.0776. The van der Waals surface area contributed by atoms with Crippen molar-refractivity contribution in [3.63, 3.8) is 0 Å². The molecule has 0 saturated carbocycles. The van der Waals surface area contributed by atoms with Crippen molar-refractivity contribution in [1.82, 2.24) is 4.98 Å². The van der Waals surface area contributed by atoms with Gasteiger partial charge in [-0.05, 0) is 25.3 Å². The van der Waals surface area contributed by atoms with Crippen LogP contribution < -0.4 is 5.56 Å². The number of ketones is 1. The number of aromatic nitrogens is 1. The predicted molar refractivity (Wildman–Crippen MR) is 58.1 cm³/mol. The van der Waals surface area contributed by atoms with Crippen molar-refractivity contribution in [2.24, 2.45) is 5.41 Å². The Kier molecular flexibility index (Phi) is 2.25. The number of pyridine rings is 1. The summed E-state index contributed by atoms with van der Waals surface area (Å²) < 4.78 is 0. The van der Waals surface area contributed by atoms with Gasteiger partial charge in [-0.2, -0.15) is 0 Å². The van der Waals surface area contributed by atoms with E-state index in [0.717, 1.165) is 25.0 Å². The molecule has 1 aliphatic carbocycles. The molecule has 1 aromatic rings. The minimum Gasteiger partial charge on any atom is -0.325 e. The molecule has 0 bridgehead atoms. The van der Waals surface area contributed by atoms with Gasteiger partial charge >= 0.3 is 0 Å². The van der Waals surface area contributed by atoms with Crippen molar-refractivity contribution in [3.8, 4) is 0 Å². The lowest BCUT2D eigenvalue weighted by Gasteiger charge is -2.31. The van der Waals surface area contributed by atoms with E-state index in [-0.39, 0.29) is 16.8 Å². The monoisotopic (exact) mass is 205 g/mol. The van der Waals surface area contributed by atoms with Crippen molar-refractivity contribution in [2.75, 3.05) is 0 Å². The van der Waals surface area contributed by atoms with E-state index in [1.807, 2.05) is 13.8 Å². The summed E-state index contributed by atoms with van der Waals surface area (Å²) in [5.41, 5.74) is 1.14. The van der Waals surface area contributed by atoms with Crippen LogP contribution in [-0.4, -0.2) is 10.8 Å². The molecule has 1 atom stereocenters. The second-order valence-corrected chi connectivity index (χ2v) is 4.46. The summed E-state index contributed by atoms with van der Waals surface area (Å²) >= 11 is 0. The number of rotatable bonds is 1. The third-order valence-electron chi connectivity index (χ3n) is 3.50. The molecule has 1 heterocycles. The lowest BCUT2D eigenvalue weighted by atomic mass is 9.71. The second-order valence-electron chi connectivity index (χ2n) is 4.46. The van der Waals surface area contributed by atoms with Gasteiger partial charge in [0.05, 0.1) is 0 Å². The van der Waals surface area contributed by atoms with E-state index in [0.29, 0.717) is 5.56 Å². The quantitative estimate of drug-likeness (QED) is 0.761. The summed E-state index contributed by atoms with van der Waals surface area (Å²) in [6.07, 6.45) is 2.47. The molecule has 0 radical (unpaired) electrons. The number of fused-ring (bicyclic) bond motifs is 1. The molecule has 1 aliphatic rings. The Morgan fingerprint density at radius 3 is 2.80 bits per heavy atom. The van der Waals surface area contributed by atoms with Crippen molar-refractivity contribution in [1.29, 1.82) is 0 Å². The van der Waals surface area contributed by atoms with Gasteiger partial charge in [-0.25, -0.2) is 0 Å². The first-order chi connectivity index (χ1) is 7.07. The summed E-state index contributed by atoms with van der Waals surface area (Å²) in [5, 5.41) is 0. The van der Waals surface area contributed by atoms with Crippen LogP contribution >= 0.6 is 0 Å². The van der Waals surface area contributed by atoms with Crippen LogP contribution in [0.15, 0.2) is 16.9 Å². The molecule has 3 nitrogen and oxygen atoms in total. The normalized spacial score (nSPS) is 25.1. The first kappa shape index (κ1) is 10.1. The topological polar surface area (TPSA) is 49.9 Å². The highest BCUT2D eigenvalue weighted by molar-refractivity contribution is 6.02. The first-order valence-corrected chi connectivity index (χ1v) is 5.34. The molecule has 1 aromatic heterocycles. The first-order valence-electron chi connectivity index (χ1n) is 5.34. The lowest BCUT2D eigenvalue weighted by Crippen LogP contribution is -2.34. The molecule has 2 rings (SSSR count). The summed E-state index contributed by atoms with van der Waals surface area (Å²) in [6.45, 7) is 4.04. The summed E-state index contributed by atoms with van der Waals surface area (Å²) in [5.74, 6) is 0.169. The fourth-order valence-corrected chi connectivity index (χ4v) is 2.10. The van der Waals surface area contributed by atoms with Crippen LogP contribution in [0.4, 0.5) is 0 Å². The van der Waals surface area contributed by atoms with Gasteiger partial charge in [-0.1, -0.05) is 13.8 Å². The third-order valence-corrected chi connectivity index (χ3v) is 3.50. The van der Waals surface area contributed by atoms with Crippen LogP contribution in [0.25, 0.3) is 0 Å². The number of hydrogen-bond acceptors (Lipinski definition) is 2. The average molecular weight is 205 g/mol. The maximum atomic E-state index is 12.2. The van der Waals surface area contributed by atoms with Crippen LogP contribution in [-0.2, 0) is 6.42 Å². The van der Waals surface area contributed by atoms with E-state index in [4.69, 9.17) is 0 Å². The van der Waals surface area contributed by atoms with Crippen LogP contribution in [0.5, 0.6) is 0 Å². The largest absolute Gasteiger partial charge is 0.325 e. The maximum absolute atomic E-state index is 12.2. The van der Waals surface area contributed by atoms with Crippen LogP contribution in [0.3, 0.4) is 0 Å². The van der Waals surface area contributed by atoms with E-state index >= 15 is 0 Å². The molecule has 3 heteroatoms. The molecular formula is C12H15NO2. The van der Waals surface area contributed by atoms with E-state index in [9.17, 15) is 9.59 Å². The number of nitrogens with one attached hydrogen (secondary N) is 1. The Hall–Kier alpha value is -1.38. The van der Waals surface area contributed by atoms with Gasteiger partial charge in [-0.15, -0.1) is 0 Å². The molecule has 0 amide bonds. The number of H-pyrrole nitrogens is 1. The van der Waals surface area contributed by atoms with Gasteiger partial charge in [0.2, 0.25) is 5.56 Å². The average Bonchev–Trinajstić information content (AvgIpc) is 2.24. The Bertz CT molecular complexity index is 461. The van der Waals surface area contributed by atoms with Gasteiger partial charge in [-0.3, -0.25) is 9.59 Å². The van der Waals surface area contributed by atoms with Crippen molar-refractivity contribution < 1.29 is 4.79 Å². The minimum absolute atomic E-state index is 0.123. The minimum atomic E-state index is -0.245. The molecule has 1 N–H and O–H groups in total. The Balaban J connectivity index is 2.52. The second kappa shape index (κ2) is 3.33. The molecule has 0 spiro atoms. The molecule has 0 aliphatic heterocycles. The number of aryl methyl sites for hydroxylation is 1. The number of carbonyl (C=O) groups is 1. The Morgan fingerprint density at radius 1 is 1.40 bits per heavy atom. The maximum Gasteiger partial charge on any atom is 0.248 e. The molecule has 0 saturated heterocycles. The number of aromatic amines is 1. The highest BCUT2D eigenvalue weighted by Crippen LogP contribution is 2.36. The number of carbonyl (C=O) groups excluding carboxylic acids is 1. The molecule has 0 fully saturated rings. The van der Waals surface area contributed by atoms with Gasteiger partial charge in [0.1, 0.15) is 0 Å². The summed E-state index contributed by atoms with van der Waals surface area (Å²) in [6, 6.07) is 3.09. The van der Waals surface area contributed by atoms with Crippen molar-refractivity contribution in [3.05, 3.63) is 33.7 Å². The zero-order valence-electron chi connectivity index (χ0n) is 9.09. The fourth-order valence-electron chi connectivity index (χ4n) is 2.10. The predicted octanol–water partition coefficient (Wildman–Crippen LogP) is 1.92. The number of hydrogen-bond donors (Lipinski definition) is 1. The molecule has 0 aromatic carbocycles. The highest BCUT2D eigenvalue weighted by Gasteiger charge is 2.36. The van der Waals surface area contributed by atoms with E-state index in [1.54, 1.807) is 6.07 Å². The molecular weight excluding hydrogens is 190 g/mol. The van der Waals surface area contributed by atoms with Crippen LogP contribution in [0.2, 0.25) is 0 Å². The summed E-state index contributed by atoms with van der Waals surface area (Å²) in [7, 11) is 0. The van der Waals surface area contributed by atoms with Gasteiger partial charge in [0, 0.05) is 22.7 Å². The zero-order valence-corrected chi connectivity index (χ0v) is 9.09. The smallest absolute Gasteiger partial charge is 0.248 e. The van der Waals surface area contributed by atoms with Gasteiger partial charge < -0.3 is 4.98 Å². The molecule has 80 valence electrons. The van der Waals surface area contributed by atoms with Gasteiger partial charge in [0.25, 0.3) is 0 Å². The van der Waals surface area contributed by atoms with Gasteiger partial charge in [0.15, 0.2) is 5.78 Å². The van der Waals surface area contributed by atoms with Crippen LogP contribution in [0, 0.1) is 5.41 Å². The molecule has 15 heavy (non-hydrogen) atoms.